The molecule has 4 nitrogen and oxygen atoms in total. The first kappa shape index (κ1) is 13.8. The quantitative estimate of drug-likeness (QED) is 0.830. The Morgan fingerprint density at radius 2 is 2.32 bits per heavy atom. The Labute approximate surface area is 121 Å². The number of thiocarbonyl (C=S) groups is 1. The molecule has 0 amide bonds. The van der Waals surface area contributed by atoms with E-state index < -0.39 is 0 Å². The van der Waals surface area contributed by atoms with Crippen LogP contribution in [0.4, 0.5) is 5.69 Å². The summed E-state index contributed by atoms with van der Waals surface area (Å²) in [6, 6.07) is 5.58. The van der Waals surface area contributed by atoms with Crippen LogP contribution in [0.3, 0.4) is 0 Å². The van der Waals surface area contributed by atoms with E-state index >= 15 is 0 Å². The molecule has 0 aliphatic rings. The second kappa shape index (κ2) is 5.99. The van der Waals surface area contributed by atoms with Gasteiger partial charge in [-0.05, 0) is 19.1 Å². The van der Waals surface area contributed by atoms with Crippen LogP contribution in [0.15, 0.2) is 24.4 Å². The van der Waals surface area contributed by atoms with Crippen molar-refractivity contribution in [3.63, 3.8) is 0 Å². The van der Waals surface area contributed by atoms with E-state index in [9.17, 15) is 0 Å². The number of aromatic nitrogens is 1. The molecule has 2 rings (SSSR count). The summed E-state index contributed by atoms with van der Waals surface area (Å²) in [4.78, 5) is 5.86. The molecule has 2 aromatic rings. The van der Waals surface area contributed by atoms with Gasteiger partial charge in [0, 0.05) is 28.4 Å². The fourth-order valence-electron chi connectivity index (χ4n) is 1.67. The molecule has 0 spiro atoms. The molecule has 3 N–H and O–H groups in total. The lowest BCUT2D eigenvalue weighted by Crippen LogP contribution is -2.13. The lowest BCUT2D eigenvalue weighted by Gasteiger charge is -2.11. The first-order valence-electron chi connectivity index (χ1n) is 5.73. The largest absolute Gasteiger partial charge is 0.497 e. The summed E-state index contributed by atoms with van der Waals surface area (Å²) >= 11 is 6.71. The van der Waals surface area contributed by atoms with Gasteiger partial charge in [-0.15, -0.1) is 11.3 Å². The second-order valence-corrected chi connectivity index (χ2v) is 5.75. The van der Waals surface area contributed by atoms with Crippen LogP contribution in [-0.2, 0) is 6.54 Å². The van der Waals surface area contributed by atoms with Gasteiger partial charge in [0.1, 0.15) is 15.7 Å². The lowest BCUT2D eigenvalue weighted by molar-refractivity contribution is 0.415. The van der Waals surface area contributed by atoms with Crippen molar-refractivity contribution in [2.75, 3.05) is 12.4 Å². The molecule has 1 aromatic carbocycles. The molecule has 0 bridgehead atoms. The number of benzene rings is 1. The van der Waals surface area contributed by atoms with Crippen molar-refractivity contribution in [3.8, 4) is 5.75 Å². The van der Waals surface area contributed by atoms with Crippen molar-refractivity contribution in [2.45, 2.75) is 13.5 Å². The van der Waals surface area contributed by atoms with Gasteiger partial charge in [0.2, 0.25) is 0 Å². The fourth-order valence-corrected chi connectivity index (χ4v) is 2.57. The van der Waals surface area contributed by atoms with Crippen LogP contribution in [0.1, 0.15) is 15.4 Å². The predicted octanol–water partition coefficient (Wildman–Crippen LogP) is 2.71. The maximum atomic E-state index is 5.72. The van der Waals surface area contributed by atoms with E-state index in [1.807, 2.05) is 31.3 Å². The second-order valence-electron chi connectivity index (χ2n) is 3.99. The smallest absolute Gasteiger partial charge is 0.120 e. The van der Waals surface area contributed by atoms with Crippen molar-refractivity contribution in [1.82, 2.24) is 4.98 Å². The first-order valence-corrected chi connectivity index (χ1v) is 6.95. The van der Waals surface area contributed by atoms with Crippen LogP contribution in [0, 0.1) is 6.92 Å². The highest BCUT2D eigenvalue weighted by atomic mass is 32.1. The molecule has 0 unspecified atom stereocenters. The van der Waals surface area contributed by atoms with E-state index in [2.05, 4.69) is 10.3 Å². The Morgan fingerprint density at radius 1 is 1.53 bits per heavy atom. The Kier molecular flexibility index (Phi) is 4.34. The third-order valence-corrected chi connectivity index (χ3v) is 3.72. The Balaban J connectivity index is 2.19. The number of thiazole rings is 1. The number of hydrogen-bond acceptors (Lipinski definition) is 5. The van der Waals surface area contributed by atoms with Crippen molar-refractivity contribution >= 4 is 34.2 Å². The molecule has 0 atom stereocenters. The topological polar surface area (TPSA) is 60.2 Å². The number of ether oxygens (including phenoxy) is 1. The molecule has 6 heteroatoms. The zero-order chi connectivity index (χ0) is 13.8. The summed E-state index contributed by atoms with van der Waals surface area (Å²) in [5.74, 6) is 0.762. The van der Waals surface area contributed by atoms with E-state index in [0.717, 1.165) is 22.0 Å². The summed E-state index contributed by atoms with van der Waals surface area (Å²) in [7, 11) is 1.63. The van der Waals surface area contributed by atoms with Crippen LogP contribution in [0.25, 0.3) is 0 Å². The van der Waals surface area contributed by atoms with Gasteiger partial charge in [0.25, 0.3) is 0 Å². The fraction of sp³-hybridized carbons (Fsp3) is 0.231. The lowest BCUT2D eigenvalue weighted by atomic mass is 10.1. The van der Waals surface area contributed by atoms with Gasteiger partial charge in [0.05, 0.1) is 13.7 Å². The van der Waals surface area contributed by atoms with Crippen molar-refractivity contribution < 1.29 is 4.74 Å². The van der Waals surface area contributed by atoms with Gasteiger partial charge < -0.3 is 15.8 Å². The van der Waals surface area contributed by atoms with Crippen LogP contribution < -0.4 is 15.8 Å². The van der Waals surface area contributed by atoms with Gasteiger partial charge in [0.15, 0.2) is 0 Å². The van der Waals surface area contributed by atoms with E-state index in [4.69, 9.17) is 22.7 Å². The van der Waals surface area contributed by atoms with Gasteiger partial charge >= 0.3 is 0 Å². The zero-order valence-electron chi connectivity index (χ0n) is 10.8. The molecule has 0 saturated heterocycles. The van der Waals surface area contributed by atoms with Gasteiger partial charge in [-0.25, -0.2) is 4.98 Å². The Morgan fingerprint density at radius 3 is 2.89 bits per heavy atom. The number of aryl methyl sites for hydroxylation is 1. The minimum Gasteiger partial charge on any atom is -0.497 e. The number of methoxy groups -OCH3 is 1. The van der Waals surface area contributed by atoms with Crippen molar-refractivity contribution in [1.29, 1.82) is 0 Å². The molecule has 0 fully saturated rings. The van der Waals surface area contributed by atoms with Crippen LogP contribution in [0.2, 0.25) is 0 Å². The highest BCUT2D eigenvalue weighted by Crippen LogP contribution is 2.23. The van der Waals surface area contributed by atoms with Crippen molar-refractivity contribution in [3.05, 3.63) is 39.8 Å². The number of anilines is 1. The summed E-state index contributed by atoms with van der Waals surface area (Å²) in [6.07, 6.45) is 1.86. The minimum absolute atomic E-state index is 0.362. The van der Waals surface area contributed by atoms with E-state index in [-0.39, 0.29) is 0 Å². The Hall–Kier alpha value is -1.66. The molecule has 100 valence electrons. The Bertz CT molecular complexity index is 595. The zero-order valence-corrected chi connectivity index (χ0v) is 12.4. The SMILES string of the molecule is COc1ccc(C(N)=S)c(NCc2ncc(C)s2)c1. The molecule has 1 aromatic heterocycles. The number of hydrogen-bond donors (Lipinski definition) is 2. The average molecular weight is 293 g/mol. The van der Waals surface area contributed by atoms with Crippen LogP contribution >= 0.6 is 23.6 Å². The van der Waals surface area contributed by atoms with Gasteiger partial charge in [-0.1, -0.05) is 12.2 Å². The van der Waals surface area contributed by atoms with E-state index in [1.165, 1.54) is 4.88 Å². The molecule has 0 radical (unpaired) electrons. The maximum absolute atomic E-state index is 5.72. The molecule has 0 aliphatic carbocycles. The molecular weight excluding hydrogens is 278 g/mol. The maximum Gasteiger partial charge on any atom is 0.120 e. The number of nitrogens with zero attached hydrogens (tertiary/aromatic N) is 1. The van der Waals surface area contributed by atoms with Gasteiger partial charge in [-0.2, -0.15) is 0 Å². The van der Waals surface area contributed by atoms with E-state index in [0.29, 0.717) is 11.5 Å². The number of nitrogens with two attached hydrogens (primary N) is 1. The average Bonchev–Trinajstić information content (AvgIpc) is 2.81. The third-order valence-electron chi connectivity index (χ3n) is 2.59. The summed E-state index contributed by atoms with van der Waals surface area (Å²) in [5, 5.41) is 4.32. The van der Waals surface area contributed by atoms with Gasteiger partial charge in [-0.3, -0.25) is 0 Å². The molecule has 19 heavy (non-hydrogen) atoms. The van der Waals surface area contributed by atoms with Crippen LogP contribution in [0.5, 0.6) is 5.75 Å². The molecular formula is C13H15N3OS2. The highest BCUT2D eigenvalue weighted by molar-refractivity contribution is 7.80. The normalized spacial score (nSPS) is 10.2. The molecule has 0 aliphatic heterocycles. The number of nitrogens with one attached hydrogen (secondary N) is 1. The summed E-state index contributed by atoms with van der Waals surface area (Å²) in [5.41, 5.74) is 7.39. The first-order chi connectivity index (χ1) is 9.10. The monoisotopic (exact) mass is 293 g/mol. The molecule has 0 saturated carbocycles. The third kappa shape index (κ3) is 3.42. The number of rotatable bonds is 5. The van der Waals surface area contributed by atoms with E-state index in [1.54, 1.807) is 18.4 Å². The highest BCUT2D eigenvalue weighted by Gasteiger charge is 2.07. The van der Waals surface area contributed by atoms with Crippen LogP contribution in [-0.4, -0.2) is 17.1 Å². The predicted molar refractivity (Wildman–Crippen MR) is 83.1 cm³/mol. The summed E-state index contributed by atoms with van der Waals surface area (Å²) < 4.78 is 5.21. The molecule has 1 heterocycles. The minimum atomic E-state index is 0.362. The summed E-state index contributed by atoms with van der Waals surface area (Å²) in [6.45, 7) is 2.68. The standard InChI is InChI=1S/C13H15N3OS2/c1-8-6-16-12(19-8)7-15-11-5-9(17-2)3-4-10(11)13(14)18/h3-6,15H,7H2,1-2H3,(H2,14,18). The van der Waals surface area contributed by atoms with Crippen molar-refractivity contribution in [2.24, 2.45) is 5.73 Å².